The highest BCUT2D eigenvalue weighted by molar-refractivity contribution is 6.11. The summed E-state index contributed by atoms with van der Waals surface area (Å²) in [5.41, 5.74) is 1.90. The molecule has 92 valence electrons. The monoisotopic (exact) mass is 241 g/mol. The van der Waals surface area contributed by atoms with E-state index in [-0.39, 0.29) is 11.7 Å². The van der Waals surface area contributed by atoms with Crippen molar-refractivity contribution in [2.24, 2.45) is 0 Å². The summed E-state index contributed by atoms with van der Waals surface area (Å²) in [7, 11) is 1.58. The SMILES string of the molecule is CNC(=O)c1ccc(C(=O)C2=CCCC=C2)cc1. The molecule has 1 aromatic rings. The number of hydrogen-bond donors (Lipinski definition) is 1. The van der Waals surface area contributed by atoms with Crippen LogP contribution in [-0.2, 0) is 0 Å². The van der Waals surface area contributed by atoms with Gasteiger partial charge < -0.3 is 5.32 Å². The van der Waals surface area contributed by atoms with Crippen molar-refractivity contribution in [2.45, 2.75) is 12.8 Å². The Morgan fingerprint density at radius 3 is 2.28 bits per heavy atom. The maximum Gasteiger partial charge on any atom is 0.251 e. The highest BCUT2D eigenvalue weighted by atomic mass is 16.1. The lowest BCUT2D eigenvalue weighted by Crippen LogP contribution is -2.17. The fourth-order valence-corrected chi connectivity index (χ4v) is 1.87. The topological polar surface area (TPSA) is 46.2 Å². The maximum absolute atomic E-state index is 12.1. The summed E-state index contributed by atoms with van der Waals surface area (Å²) in [4.78, 5) is 23.5. The van der Waals surface area contributed by atoms with E-state index < -0.39 is 0 Å². The molecule has 0 atom stereocenters. The number of carbonyl (C=O) groups excluding carboxylic acids is 2. The number of allylic oxidation sites excluding steroid dienone is 4. The van der Waals surface area contributed by atoms with Gasteiger partial charge in [-0.15, -0.1) is 0 Å². The number of amides is 1. The molecule has 0 aromatic heterocycles. The normalized spacial score (nSPS) is 13.9. The van der Waals surface area contributed by atoms with Crippen LogP contribution < -0.4 is 5.32 Å². The Hall–Kier alpha value is -2.16. The molecule has 1 aromatic carbocycles. The number of carbonyl (C=O) groups is 2. The molecule has 1 aliphatic carbocycles. The first-order valence-electron chi connectivity index (χ1n) is 5.96. The smallest absolute Gasteiger partial charge is 0.251 e. The van der Waals surface area contributed by atoms with Crippen LogP contribution in [0.1, 0.15) is 33.6 Å². The van der Waals surface area contributed by atoms with E-state index in [1.54, 1.807) is 31.3 Å². The van der Waals surface area contributed by atoms with E-state index in [1.807, 2.05) is 18.2 Å². The van der Waals surface area contributed by atoms with Gasteiger partial charge in [-0.3, -0.25) is 9.59 Å². The first kappa shape index (κ1) is 12.3. The van der Waals surface area contributed by atoms with E-state index in [4.69, 9.17) is 0 Å². The summed E-state index contributed by atoms with van der Waals surface area (Å²) in [6, 6.07) is 6.71. The maximum atomic E-state index is 12.1. The quantitative estimate of drug-likeness (QED) is 0.826. The van der Waals surface area contributed by atoms with Gasteiger partial charge in [-0.05, 0) is 25.0 Å². The van der Waals surface area contributed by atoms with Crippen LogP contribution in [0.15, 0.2) is 48.1 Å². The molecule has 0 saturated carbocycles. The van der Waals surface area contributed by atoms with Crippen molar-refractivity contribution in [1.29, 1.82) is 0 Å². The molecule has 0 fully saturated rings. The molecule has 3 heteroatoms. The van der Waals surface area contributed by atoms with Gasteiger partial charge >= 0.3 is 0 Å². The van der Waals surface area contributed by atoms with Gasteiger partial charge in [0.15, 0.2) is 5.78 Å². The average Bonchev–Trinajstić information content (AvgIpc) is 2.47. The first-order valence-corrected chi connectivity index (χ1v) is 5.96. The molecule has 1 aliphatic rings. The van der Waals surface area contributed by atoms with E-state index >= 15 is 0 Å². The van der Waals surface area contributed by atoms with Crippen molar-refractivity contribution < 1.29 is 9.59 Å². The second-order valence-corrected chi connectivity index (χ2v) is 4.12. The van der Waals surface area contributed by atoms with Gasteiger partial charge in [0, 0.05) is 23.7 Å². The van der Waals surface area contributed by atoms with Crippen molar-refractivity contribution in [3.05, 3.63) is 59.2 Å². The molecule has 0 bridgehead atoms. The lowest BCUT2D eigenvalue weighted by atomic mass is 9.97. The molecule has 1 N–H and O–H groups in total. The number of nitrogens with one attached hydrogen (secondary N) is 1. The van der Waals surface area contributed by atoms with E-state index in [0.29, 0.717) is 11.1 Å². The molecule has 2 rings (SSSR count). The van der Waals surface area contributed by atoms with Gasteiger partial charge in [0.25, 0.3) is 5.91 Å². The zero-order chi connectivity index (χ0) is 13.0. The molecular formula is C15H15NO2. The minimum atomic E-state index is -0.147. The Morgan fingerprint density at radius 1 is 1.06 bits per heavy atom. The first-order chi connectivity index (χ1) is 8.72. The van der Waals surface area contributed by atoms with E-state index in [9.17, 15) is 9.59 Å². The Bertz CT molecular complexity index is 524. The molecule has 0 saturated heterocycles. The summed E-state index contributed by atoms with van der Waals surface area (Å²) in [6.07, 6.45) is 7.72. The molecule has 0 radical (unpaired) electrons. The molecule has 3 nitrogen and oxygen atoms in total. The van der Waals surface area contributed by atoms with Crippen molar-refractivity contribution in [3.63, 3.8) is 0 Å². The van der Waals surface area contributed by atoms with Gasteiger partial charge in [-0.2, -0.15) is 0 Å². The Kier molecular flexibility index (Phi) is 3.72. The van der Waals surface area contributed by atoms with E-state index in [1.165, 1.54) is 0 Å². The molecule has 0 heterocycles. The third-order valence-corrected chi connectivity index (χ3v) is 2.89. The van der Waals surface area contributed by atoms with Crippen molar-refractivity contribution in [1.82, 2.24) is 5.32 Å². The predicted octanol–water partition coefficient (Wildman–Crippen LogP) is 2.51. The van der Waals surface area contributed by atoms with Crippen molar-refractivity contribution in [3.8, 4) is 0 Å². The molecule has 0 aliphatic heterocycles. The average molecular weight is 241 g/mol. The number of Topliss-reactive ketones (excluding diaryl/α,β-unsaturated/α-hetero) is 1. The fraction of sp³-hybridized carbons (Fsp3) is 0.200. The molecule has 1 amide bonds. The zero-order valence-corrected chi connectivity index (χ0v) is 10.3. The van der Waals surface area contributed by atoms with Crippen LogP contribution in [0.2, 0.25) is 0 Å². The molecule has 18 heavy (non-hydrogen) atoms. The van der Waals surface area contributed by atoms with Gasteiger partial charge in [0.2, 0.25) is 0 Å². The van der Waals surface area contributed by atoms with E-state index in [0.717, 1.165) is 18.4 Å². The van der Waals surface area contributed by atoms with Crippen molar-refractivity contribution in [2.75, 3.05) is 7.05 Å². The van der Waals surface area contributed by atoms with Crippen LogP contribution in [0.3, 0.4) is 0 Å². The van der Waals surface area contributed by atoms with Crippen LogP contribution in [0, 0.1) is 0 Å². The van der Waals surface area contributed by atoms with Crippen molar-refractivity contribution >= 4 is 11.7 Å². The molecule has 0 spiro atoms. The van der Waals surface area contributed by atoms with Crippen LogP contribution >= 0.6 is 0 Å². The fourth-order valence-electron chi connectivity index (χ4n) is 1.87. The minimum Gasteiger partial charge on any atom is -0.355 e. The summed E-state index contributed by atoms with van der Waals surface area (Å²) < 4.78 is 0. The summed E-state index contributed by atoms with van der Waals surface area (Å²) in [5.74, 6) is -0.139. The number of ketones is 1. The van der Waals surface area contributed by atoms with Crippen LogP contribution in [0.4, 0.5) is 0 Å². The van der Waals surface area contributed by atoms with E-state index in [2.05, 4.69) is 5.32 Å². The lowest BCUT2D eigenvalue weighted by Gasteiger charge is -2.06. The predicted molar refractivity (Wildman–Crippen MR) is 70.6 cm³/mol. The third kappa shape index (κ3) is 2.56. The summed E-state index contributed by atoms with van der Waals surface area (Å²) in [5, 5.41) is 2.55. The van der Waals surface area contributed by atoms with Gasteiger partial charge in [0.1, 0.15) is 0 Å². The molecule has 0 unspecified atom stereocenters. The van der Waals surface area contributed by atoms with Crippen LogP contribution in [-0.4, -0.2) is 18.7 Å². The number of benzene rings is 1. The van der Waals surface area contributed by atoms with Gasteiger partial charge in [-0.25, -0.2) is 0 Å². The number of hydrogen-bond acceptors (Lipinski definition) is 2. The Balaban J connectivity index is 2.19. The third-order valence-electron chi connectivity index (χ3n) is 2.89. The minimum absolute atomic E-state index is 0.00871. The largest absolute Gasteiger partial charge is 0.355 e. The zero-order valence-electron chi connectivity index (χ0n) is 10.3. The highest BCUT2D eigenvalue weighted by Gasteiger charge is 2.12. The van der Waals surface area contributed by atoms with Crippen LogP contribution in [0.5, 0.6) is 0 Å². The summed E-state index contributed by atoms with van der Waals surface area (Å²) >= 11 is 0. The second-order valence-electron chi connectivity index (χ2n) is 4.12. The Labute approximate surface area is 106 Å². The lowest BCUT2D eigenvalue weighted by molar-refractivity contribution is 0.0961. The molecular weight excluding hydrogens is 226 g/mol. The van der Waals surface area contributed by atoms with Crippen LogP contribution in [0.25, 0.3) is 0 Å². The summed E-state index contributed by atoms with van der Waals surface area (Å²) in [6.45, 7) is 0. The Morgan fingerprint density at radius 2 is 1.72 bits per heavy atom. The number of rotatable bonds is 3. The second kappa shape index (κ2) is 5.45. The van der Waals surface area contributed by atoms with Gasteiger partial charge in [0.05, 0.1) is 0 Å². The highest BCUT2D eigenvalue weighted by Crippen LogP contribution is 2.16. The standard InChI is InChI=1S/C15H15NO2/c1-16-15(18)13-9-7-12(8-10-13)14(17)11-5-3-2-4-6-11/h3,5-10H,2,4H2,1H3,(H,16,18). The van der Waals surface area contributed by atoms with Gasteiger partial charge in [-0.1, -0.05) is 30.4 Å².